The van der Waals surface area contributed by atoms with E-state index in [4.69, 9.17) is 11.7 Å². The van der Waals surface area contributed by atoms with Gasteiger partial charge in [-0.2, -0.15) is 5.10 Å². The predicted molar refractivity (Wildman–Crippen MR) is 78.6 cm³/mol. The number of hydrazine groups is 1. The smallest absolute Gasteiger partial charge is 0.166 e. The summed E-state index contributed by atoms with van der Waals surface area (Å²) in [5.41, 5.74) is 4.89. The number of hydrogen-bond acceptors (Lipinski definition) is 4. The molecule has 0 bridgehead atoms. The van der Waals surface area contributed by atoms with Gasteiger partial charge in [0, 0.05) is 16.7 Å². The van der Waals surface area contributed by atoms with Crippen LogP contribution in [0.3, 0.4) is 0 Å². The Hall–Kier alpha value is -2.97. The van der Waals surface area contributed by atoms with Crippen LogP contribution in [0.1, 0.15) is 16.7 Å². The lowest BCUT2D eigenvalue weighted by atomic mass is 10.1. The van der Waals surface area contributed by atoms with Crippen LogP contribution >= 0.6 is 0 Å². The lowest BCUT2D eigenvalue weighted by Crippen LogP contribution is -2.31. The van der Waals surface area contributed by atoms with E-state index in [1.807, 2.05) is 24.3 Å². The number of rotatable bonds is 1. The molecule has 0 aliphatic rings. The molecule has 0 atom stereocenters. The van der Waals surface area contributed by atoms with Gasteiger partial charge in [-0.15, -0.1) is 0 Å². The Balaban J connectivity index is 2.18. The molecular weight excluding hydrogens is 252 g/mol. The summed E-state index contributed by atoms with van der Waals surface area (Å²) in [5, 5.41) is 12.7. The maximum absolute atomic E-state index is 9.19. The minimum atomic E-state index is 0.225. The number of aromatic hydroxyl groups is 1. The van der Waals surface area contributed by atoms with Crippen LogP contribution in [-0.4, -0.2) is 10.9 Å². The van der Waals surface area contributed by atoms with Gasteiger partial charge in [0.05, 0.1) is 0 Å². The Morgan fingerprint density at radius 1 is 0.950 bits per heavy atom. The van der Waals surface area contributed by atoms with Gasteiger partial charge in [0.1, 0.15) is 5.75 Å². The Morgan fingerprint density at radius 3 is 1.90 bits per heavy atom. The van der Waals surface area contributed by atoms with Crippen LogP contribution < -0.4 is 17.1 Å². The first kappa shape index (κ1) is 13.5. The van der Waals surface area contributed by atoms with Crippen molar-refractivity contribution < 1.29 is 5.11 Å². The first-order valence-corrected chi connectivity index (χ1v) is 5.89. The maximum Gasteiger partial charge on any atom is 0.166 e. The highest BCUT2D eigenvalue weighted by molar-refractivity contribution is 5.98. The largest absolute Gasteiger partial charge is 0.508 e. The van der Waals surface area contributed by atoms with E-state index < -0.39 is 0 Å². The fourth-order valence-corrected chi connectivity index (χ4v) is 1.60. The number of hydrogen-bond donors (Lipinski definition) is 4. The second-order valence-electron chi connectivity index (χ2n) is 4.00. The average molecular weight is 266 g/mol. The van der Waals surface area contributed by atoms with E-state index in [0.29, 0.717) is 5.84 Å². The molecule has 5 heteroatoms. The van der Waals surface area contributed by atoms with Crippen molar-refractivity contribution in [3.63, 3.8) is 0 Å². The van der Waals surface area contributed by atoms with E-state index in [1.165, 1.54) is 0 Å². The number of amidine groups is 1. The van der Waals surface area contributed by atoms with Gasteiger partial charge in [-0.3, -0.25) is 0 Å². The molecule has 0 radical (unpaired) electrons. The zero-order valence-corrected chi connectivity index (χ0v) is 10.7. The number of benzene rings is 2. The minimum absolute atomic E-state index is 0.225. The summed E-state index contributed by atoms with van der Waals surface area (Å²) in [4.78, 5) is 0. The number of phenolic OH excluding ortho intramolecular Hbond substituents is 1. The van der Waals surface area contributed by atoms with E-state index in [2.05, 4.69) is 22.4 Å². The molecule has 5 nitrogen and oxygen atoms in total. The predicted octanol–water partition coefficient (Wildman–Crippen LogP) is 0.876. The summed E-state index contributed by atoms with van der Waals surface area (Å²) in [5.74, 6) is 17.2. The highest BCUT2D eigenvalue weighted by Crippen LogP contribution is 2.09. The summed E-state index contributed by atoms with van der Waals surface area (Å²) in [6.07, 6.45) is 0. The number of nitrogens with zero attached hydrogens (tertiary/aromatic N) is 1. The van der Waals surface area contributed by atoms with Gasteiger partial charge >= 0.3 is 0 Å². The molecule has 100 valence electrons. The molecule has 2 aromatic rings. The van der Waals surface area contributed by atoms with Crippen LogP contribution in [0, 0.1) is 11.8 Å². The number of hydrazone groups is 1. The molecule has 2 aromatic carbocycles. The van der Waals surface area contributed by atoms with E-state index in [0.717, 1.165) is 16.7 Å². The fraction of sp³-hybridized carbons (Fsp3) is 0. The Morgan fingerprint density at radius 2 is 1.45 bits per heavy atom. The normalized spacial score (nSPS) is 10.6. The van der Waals surface area contributed by atoms with E-state index in [1.54, 1.807) is 24.3 Å². The van der Waals surface area contributed by atoms with Crippen LogP contribution in [0.2, 0.25) is 0 Å². The lowest BCUT2D eigenvalue weighted by molar-refractivity contribution is 0.475. The molecule has 0 spiro atoms. The minimum Gasteiger partial charge on any atom is -0.508 e. The van der Waals surface area contributed by atoms with Crippen molar-refractivity contribution in [1.82, 2.24) is 5.43 Å². The van der Waals surface area contributed by atoms with E-state index >= 15 is 0 Å². The molecule has 0 aromatic heterocycles. The number of nitrogens with one attached hydrogen (secondary N) is 1. The summed E-state index contributed by atoms with van der Waals surface area (Å²) in [7, 11) is 0. The number of phenols is 1. The van der Waals surface area contributed by atoms with Crippen LogP contribution in [0.5, 0.6) is 5.75 Å². The lowest BCUT2D eigenvalue weighted by Gasteiger charge is -2.03. The van der Waals surface area contributed by atoms with Gasteiger partial charge in [0.2, 0.25) is 0 Å². The highest BCUT2D eigenvalue weighted by atomic mass is 16.3. The molecule has 0 aliphatic carbocycles. The zero-order chi connectivity index (χ0) is 14.4. The monoisotopic (exact) mass is 266 g/mol. The third kappa shape index (κ3) is 3.28. The molecule has 20 heavy (non-hydrogen) atoms. The molecule has 0 heterocycles. The Kier molecular flexibility index (Phi) is 4.22. The van der Waals surface area contributed by atoms with Crippen molar-refractivity contribution in [2.75, 3.05) is 0 Å². The summed E-state index contributed by atoms with van der Waals surface area (Å²) < 4.78 is 0. The average Bonchev–Trinajstić information content (AvgIpc) is 2.49. The van der Waals surface area contributed by atoms with E-state index in [-0.39, 0.29) is 5.75 Å². The van der Waals surface area contributed by atoms with Crippen molar-refractivity contribution in [2.24, 2.45) is 16.8 Å². The Labute approximate surface area is 116 Å². The molecule has 0 amide bonds. The summed E-state index contributed by atoms with van der Waals surface area (Å²) >= 11 is 0. The second kappa shape index (κ2) is 6.27. The molecule has 0 aliphatic heterocycles. The molecule has 0 saturated heterocycles. The molecule has 0 saturated carbocycles. The quantitative estimate of drug-likeness (QED) is 0.202. The van der Waals surface area contributed by atoms with Crippen LogP contribution in [0.25, 0.3) is 0 Å². The van der Waals surface area contributed by atoms with Gasteiger partial charge in [-0.25, -0.2) is 5.84 Å². The van der Waals surface area contributed by atoms with Crippen LogP contribution in [0.4, 0.5) is 0 Å². The molecule has 2 rings (SSSR count). The zero-order valence-electron chi connectivity index (χ0n) is 10.7. The van der Waals surface area contributed by atoms with Crippen LogP contribution in [0.15, 0.2) is 53.6 Å². The van der Waals surface area contributed by atoms with Crippen molar-refractivity contribution in [3.05, 3.63) is 65.2 Å². The fourth-order valence-electron chi connectivity index (χ4n) is 1.60. The third-order valence-electron chi connectivity index (χ3n) is 2.64. The van der Waals surface area contributed by atoms with Gasteiger partial charge < -0.3 is 16.4 Å². The van der Waals surface area contributed by atoms with Gasteiger partial charge in [-0.05, 0) is 48.5 Å². The standard InChI is InChI=1S/C15H14N4O/c16-18-15(19-17)13-7-3-11(4-8-13)1-2-12-5-9-14(20)10-6-12/h3-10,20H,16-17H2,(H,18,19). The summed E-state index contributed by atoms with van der Waals surface area (Å²) in [6, 6.07) is 14.1. The van der Waals surface area contributed by atoms with E-state index in [9.17, 15) is 5.11 Å². The molecule has 0 unspecified atom stereocenters. The van der Waals surface area contributed by atoms with Gasteiger partial charge in [-0.1, -0.05) is 11.8 Å². The van der Waals surface area contributed by atoms with Crippen LogP contribution in [-0.2, 0) is 0 Å². The van der Waals surface area contributed by atoms with Gasteiger partial charge in [0.15, 0.2) is 5.84 Å². The topological polar surface area (TPSA) is 96.7 Å². The third-order valence-corrected chi connectivity index (χ3v) is 2.64. The highest BCUT2D eigenvalue weighted by Gasteiger charge is 1.99. The SMILES string of the molecule is N/N=C(\NN)c1ccc(C#Cc2ccc(O)cc2)cc1. The van der Waals surface area contributed by atoms with Crippen molar-refractivity contribution in [2.45, 2.75) is 0 Å². The van der Waals surface area contributed by atoms with Crippen molar-refractivity contribution >= 4 is 5.84 Å². The van der Waals surface area contributed by atoms with Crippen molar-refractivity contribution in [1.29, 1.82) is 0 Å². The molecular formula is C15H14N4O. The maximum atomic E-state index is 9.19. The molecule has 6 N–H and O–H groups in total. The molecule has 0 fully saturated rings. The first-order chi connectivity index (χ1) is 9.72. The Bertz CT molecular complexity index is 664. The second-order valence-corrected chi connectivity index (χ2v) is 4.00. The summed E-state index contributed by atoms with van der Waals surface area (Å²) in [6.45, 7) is 0. The van der Waals surface area contributed by atoms with Crippen molar-refractivity contribution in [3.8, 4) is 17.6 Å². The van der Waals surface area contributed by atoms with Gasteiger partial charge in [0.25, 0.3) is 0 Å². The first-order valence-electron chi connectivity index (χ1n) is 5.89. The number of nitrogens with two attached hydrogens (primary N) is 2.